The van der Waals surface area contributed by atoms with Crippen LogP contribution >= 0.6 is 0 Å². The van der Waals surface area contributed by atoms with Gasteiger partial charge in [-0.15, -0.1) is 5.10 Å². The smallest absolute Gasteiger partial charge is 0.354 e. The summed E-state index contributed by atoms with van der Waals surface area (Å²) in [4.78, 5) is 0. The molecule has 2 aromatic heterocycles. The lowest BCUT2D eigenvalue weighted by Gasteiger charge is -2.08. The maximum Gasteiger partial charge on any atom is 0.534 e. The van der Waals surface area contributed by atoms with Crippen molar-refractivity contribution in [3.05, 3.63) is 85.1 Å². The summed E-state index contributed by atoms with van der Waals surface area (Å²) in [5, 5.41) is 5.73. The fraction of sp³-hybridized carbons (Fsp3) is 0.0455. The van der Waals surface area contributed by atoms with Crippen molar-refractivity contribution >= 4 is 31.9 Å². The van der Waals surface area contributed by atoms with Gasteiger partial charge >= 0.3 is 15.6 Å². The molecular formula is C22H14F3N3O3S. The molecule has 0 unspecified atom stereocenters. The van der Waals surface area contributed by atoms with Crippen LogP contribution in [0.2, 0.25) is 0 Å². The van der Waals surface area contributed by atoms with Crippen LogP contribution in [0, 0.1) is 0 Å². The Hall–Kier alpha value is -3.79. The Morgan fingerprint density at radius 1 is 0.781 bits per heavy atom. The van der Waals surface area contributed by atoms with E-state index >= 15 is 0 Å². The molecule has 0 aliphatic rings. The molecule has 0 bridgehead atoms. The zero-order valence-corrected chi connectivity index (χ0v) is 17.0. The first-order chi connectivity index (χ1) is 15.2. The average molecular weight is 457 g/mol. The number of fused-ring (bicyclic) bond motifs is 3. The molecule has 2 heterocycles. The predicted octanol–water partition coefficient (Wildman–Crippen LogP) is 5.20. The van der Waals surface area contributed by atoms with Crippen molar-refractivity contribution < 1.29 is 25.8 Å². The van der Waals surface area contributed by atoms with E-state index in [1.165, 1.54) is 10.9 Å². The molecule has 32 heavy (non-hydrogen) atoms. The molecular weight excluding hydrogens is 443 g/mol. The van der Waals surface area contributed by atoms with Gasteiger partial charge in [0.2, 0.25) is 0 Å². The Bertz CT molecular complexity index is 1560. The number of hydrogen-bond acceptors (Lipinski definition) is 4. The molecule has 0 saturated heterocycles. The molecule has 0 N–H and O–H groups in total. The average Bonchev–Trinajstić information content (AvgIpc) is 3.35. The predicted molar refractivity (Wildman–Crippen MR) is 114 cm³/mol. The lowest BCUT2D eigenvalue weighted by Crippen LogP contribution is -2.28. The van der Waals surface area contributed by atoms with Crippen LogP contribution in [0.1, 0.15) is 0 Å². The van der Waals surface area contributed by atoms with E-state index in [1.807, 2.05) is 66.7 Å². The molecule has 0 saturated carbocycles. The molecule has 0 radical (unpaired) electrons. The lowest BCUT2D eigenvalue weighted by molar-refractivity contribution is -0.0501. The van der Waals surface area contributed by atoms with E-state index in [-0.39, 0.29) is 0 Å². The maximum atomic E-state index is 12.6. The molecule has 10 heteroatoms. The minimum atomic E-state index is -5.79. The van der Waals surface area contributed by atoms with Crippen molar-refractivity contribution in [1.29, 1.82) is 0 Å². The highest BCUT2D eigenvalue weighted by molar-refractivity contribution is 7.87. The normalized spacial score (nSPS) is 12.5. The van der Waals surface area contributed by atoms with Crippen LogP contribution < -0.4 is 4.18 Å². The molecule has 3 aromatic carbocycles. The van der Waals surface area contributed by atoms with Crippen LogP contribution in [0.15, 0.2) is 85.1 Å². The summed E-state index contributed by atoms with van der Waals surface area (Å²) in [5.74, 6) is -0.672. The number of benzene rings is 3. The quantitative estimate of drug-likeness (QED) is 0.275. The van der Waals surface area contributed by atoms with Crippen molar-refractivity contribution in [3.8, 4) is 17.3 Å². The summed E-state index contributed by atoms with van der Waals surface area (Å²) in [6.07, 6.45) is 1.33. The summed E-state index contributed by atoms with van der Waals surface area (Å²) in [6, 6.07) is 24.2. The fourth-order valence-electron chi connectivity index (χ4n) is 3.61. The first kappa shape index (κ1) is 20.1. The molecule has 6 nitrogen and oxygen atoms in total. The van der Waals surface area contributed by atoms with Crippen LogP contribution in [0.4, 0.5) is 13.2 Å². The van der Waals surface area contributed by atoms with E-state index in [1.54, 1.807) is 6.07 Å². The van der Waals surface area contributed by atoms with Gasteiger partial charge in [-0.3, -0.25) is 0 Å². The summed E-state index contributed by atoms with van der Waals surface area (Å²) in [7, 11) is -5.79. The second kappa shape index (κ2) is 7.13. The van der Waals surface area contributed by atoms with Crippen molar-refractivity contribution in [1.82, 2.24) is 14.3 Å². The van der Waals surface area contributed by atoms with E-state index < -0.39 is 21.5 Å². The lowest BCUT2D eigenvalue weighted by atomic mass is 10.1. The highest BCUT2D eigenvalue weighted by atomic mass is 32.2. The molecule has 0 spiro atoms. The minimum Gasteiger partial charge on any atom is -0.354 e. The summed E-state index contributed by atoms with van der Waals surface area (Å²) in [5.41, 5.74) is -2.09. The third kappa shape index (κ3) is 3.28. The van der Waals surface area contributed by atoms with E-state index in [2.05, 4.69) is 13.8 Å². The maximum absolute atomic E-state index is 12.6. The number of rotatable bonds is 4. The number of alkyl halides is 3. The zero-order valence-electron chi connectivity index (χ0n) is 16.2. The Balaban J connectivity index is 1.61. The largest absolute Gasteiger partial charge is 0.534 e. The van der Waals surface area contributed by atoms with Gasteiger partial charge in [0, 0.05) is 28.7 Å². The van der Waals surface area contributed by atoms with Gasteiger partial charge in [0.1, 0.15) is 0 Å². The standard InChI is InChI=1S/C22H14F3N3O3S/c23-22(24,25)32(29,30)31-21-12-13-27(26-21)16-10-11-20-18(14-16)17-8-4-5-9-19(17)28(20)15-6-2-1-3-7-15/h1-14H. The van der Waals surface area contributed by atoms with Gasteiger partial charge in [0.25, 0.3) is 5.88 Å². The molecule has 0 fully saturated rings. The SMILES string of the molecule is O=S(=O)(Oc1ccn(-c2ccc3c(c2)c2ccccc2n3-c2ccccc2)n1)C(F)(F)F. The van der Waals surface area contributed by atoms with E-state index in [4.69, 9.17) is 0 Å². The van der Waals surface area contributed by atoms with Crippen LogP contribution in [0.3, 0.4) is 0 Å². The van der Waals surface area contributed by atoms with Gasteiger partial charge in [0.15, 0.2) is 0 Å². The first-order valence-electron chi connectivity index (χ1n) is 9.40. The van der Waals surface area contributed by atoms with Crippen molar-refractivity contribution in [2.75, 3.05) is 0 Å². The van der Waals surface area contributed by atoms with Crippen molar-refractivity contribution in [2.45, 2.75) is 5.51 Å². The van der Waals surface area contributed by atoms with Crippen molar-refractivity contribution in [2.24, 2.45) is 0 Å². The van der Waals surface area contributed by atoms with Crippen molar-refractivity contribution in [3.63, 3.8) is 0 Å². The molecule has 0 atom stereocenters. The van der Waals surface area contributed by atoms with Gasteiger partial charge < -0.3 is 8.75 Å². The Morgan fingerprint density at radius 2 is 1.47 bits per heavy atom. The van der Waals surface area contributed by atoms with Gasteiger partial charge in [-0.2, -0.15) is 21.6 Å². The minimum absolute atomic E-state index is 0.535. The van der Waals surface area contributed by atoms with Gasteiger partial charge in [0.05, 0.1) is 16.7 Å². The highest BCUT2D eigenvalue weighted by Gasteiger charge is 2.49. The van der Waals surface area contributed by atoms with Crippen LogP contribution in [0.5, 0.6) is 5.88 Å². The molecule has 0 aliphatic heterocycles. The first-order valence-corrected chi connectivity index (χ1v) is 10.8. The Labute approximate surface area is 180 Å². The van der Waals surface area contributed by atoms with Crippen LogP contribution in [-0.2, 0) is 10.1 Å². The summed E-state index contributed by atoms with van der Waals surface area (Å²) in [6.45, 7) is 0. The Morgan fingerprint density at radius 3 is 2.22 bits per heavy atom. The van der Waals surface area contributed by atoms with Gasteiger partial charge in [-0.1, -0.05) is 36.4 Å². The third-order valence-electron chi connectivity index (χ3n) is 4.98. The number of halogens is 3. The zero-order chi connectivity index (χ0) is 22.5. The summed E-state index contributed by atoms with van der Waals surface area (Å²) < 4.78 is 67.6. The number of aromatic nitrogens is 3. The topological polar surface area (TPSA) is 66.1 Å². The van der Waals surface area contributed by atoms with E-state index in [0.29, 0.717) is 5.69 Å². The number of nitrogens with zero attached hydrogens (tertiary/aromatic N) is 3. The van der Waals surface area contributed by atoms with Gasteiger partial charge in [-0.05, 0) is 36.4 Å². The molecule has 162 valence electrons. The Kier molecular flexibility index (Phi) is 4.48. The second-order valence-electron chi connectivity index (χ2n) is 6.97. The molecule has 0 amide bonds. The number of hydrogen-bond donors (Lipinski definition) is 0. The monoisotopic (exact) mass is 457 g/mol. The molecule has 0 aliphatic carbocycles. The van der Waals surface area contributed by atoms with Crippen LogP contribution in [-0.4, -0.2) is 28.3 Å². The second-order valence-corrected chi connectivity index (χ2v) is 8.51. The molecule has 5 aromatic rings. The van der Waals surface area contributed by atoms with E-state index in [0.717, 1.165) is 33.6 Å². The highest BCUT2D eigenvalue weighted by Crippen LogP contribution is 2.33. The van der Waals surface area contributed by atoms with E-state index in [9.17, 15) is 21.6 Å². The fourth-order valence-corrected chi connectivity index (χ4v) is 4.02. The summed E-state index contributed by atoms with van der Waals surface area (Å²) >= 11 is 0. The number of para-hydroxylation sites is 2. The van der Waals surface area contributed by atoms with Gasteiger partial charge in [-0.25, -0.2) is 4.68 Å². The van der Waals surface area contributed by atoms with Crippen LogP contribution in [0.25, 0.3) is 33.2 Å². The molecule has 5 rings (SSSR count). The third-order valence-corrected chi connectivity index (χ3v) is 5.94.